The molecule has 0 bridgehead atoms. The van der Waals surface area contributed by atoms with E-state index in [-0.39, 0.29) is 43.2 Å². The minimum absolute atomic E-state index is 0.00992. The van der Waals surface area contributed by atoms with Crippen LogP contribution in [-0.2, 0) is 37.6 Å². The maximum Gasteiger partial charge on any atom is 0.419 e. The summed E-state index contributed by atoms with van der Waals surface area (Å²) in [5, 5.41) is 16.0. The molecular weight excluding hydrogens is 592 g/mol. The van der Waals surface area contributed by atoms with Gasteiger partial charge >= 0.3 is 24.3 Å². The molecule has 1 aliphatic heterocycles. The Morgan fingerprint density at radius 3 is 2.48 bits per heavy atom. The van der Waals surface area contributed by atoms with Crippen LogP contribution in [0.4, 0.5) is 32.8 Å². The molecule has 4 amide bonds. The second-order valence-electron chi connectivity index (χ2n) is 10.8. The van der Waals surface area contributed by atoms with E-state index in [0.29, 0.717) is 29.0 Å². The van der Waals surface area contributed by atoms with Crippen LogP contribution in [0.2, 0.25) is 0 Å². The number of urea groups is 1. The number of fused-ring (bicyclic) bond motifs is 2. The average Bonchev–Trinajstić information content (AvgIpc) is 3.43. The minimum Gasteiger partial charge on any atom is -0.481 e. The first kappa shape index (κ1) is 32.4. The SMILES string of the molecule is C[C@@](Cc1ccc(F)cc1)(NC(C=O)N1C(=O)O[C@@]2(CCc3cc(NC(=O)NCCCCC(=O)O)ccc32)C1=O)C(F)(F)F. The third-order valence-corrected chi connectivity index (χ3v) is 7.64. The lowest BCUT2D eigenvalue weighted by atomic mass is 9.91. The highest BCUT2D eigenvalue weighted by molar-refractivity contribution is 6.06. The molecule has 1 unspecified atom stereocenters. The fourth-order valence-electron chi connectivity index (χ4n) is 5.31. The number of benzene rings is 2. The van der Waals surface area contributed by atoms with Gasteiger partial charge in [0.2, 0.25) is 5.60 Å². The fourth-order valence-corrected chi connectivity index (χ4v) is 5.31. The van der Waals surface area contributed by atoms with Crippen LogP contribution >= 0.6 is 0 Å². The molecule has 0 aromatic heterocycles. The van der Waals surface area contributed by atoms with Crippen molar-refractivity contribution in [2.24, 2.45) is 0 Å². The second-order valence-corrected chi connectivity index (χ2v) is 10.8. The van der Waals surface area contributed by atoms with Gasteiger partial charge in [-0.2, -0.15) is 13.2 Å². The number of hydrogen-bond acceptors (Lipinski definition) is 7. The van der Waals surface area contributed by atoms with E-state index in [4.69, 9.17) is 9.84 Å². The zero-order chi connectivity index (χ0) is 32.3. The Balaban J connectivity index is 1.49. The van der Waals surface area contributed by atoms with Crippen LogP contribution in [-0.4, -0.2) is 64.7 Å². The number of aryl methyl sites for hydroxylation is 1. The van der Waals surface area contributed by atoms with Gasteiger partial charge in [-0.1, -0.05) is 18.2 Å². The molecule has 11 nitrogen and oxygen atoms in total. The van der Waals surface area contributed by atoms with Crippen LogP contribution in [0.5, 0.6) is 0 Å². The number of carboxylic acid groups (broad SMARTS) is 1. The molecule has 1 aliphatic carbocycles. The normalized spacial score (nSPS) is 19.7. The van der Waals surface area contributed by atoms with Gasteiger partial charge < -0.3 is 20.5 Å². The predicted molar refractivity (Wildman–Crippen MR) is 146 cm³/mol. The zero-order valence-electron chi connectivity index (χ0n) is 23.5. The van der Waals surface area contributed by atoms with Crippen molar-refractivity contribution in [1.82, 2.24) is 15.5 Å². The summed E-state index contributed by atoms with van der Waals surface area (Å²) in [6, 6.07) is 8.23. The van der Waals surface area contributed by atoms with Gasteiger partial charge in [0.25, 0.3) is 5.91 Å². The molecule has 0 radical (unpaired) electrons. The lowest BCUT2D eigenvalue weighted by Gasteiger charge is -2.37. The number of ether oxygens (including phenoxy) is 1. The Hall–Kier alpha value is -4.53. The number of rotatable bonds is 12. The molecule has 3 atom stereocenters. The third kappa shape index (κ3) is 6.67. The van der Waals surface area contributed by atoms with Gasteiger partial charge in [0, 0.05) is 30.6 Å². The summed E-state index contributed by atoms with van der Waals surface area (Å²) in [5.74, 6) is -2.60. The van der Waals surface area contributed by atoms with Crippen LogP contribution in [0.25, 0.3) is 0 Å². The van der Waals surface area contributed by atoms with Crippen LogP contribution < -0.4 is 16.0 Å². The molecule has 2 aliphatic rings. The molecule has 4 rings (SSSR count). The molecule has 15 heteroatoms. The van der Waals surface area contributed by atoms with E-state index < -0.39 is 59.7 Å². The number of anilines is 1. The Kier molecular flexibility index (Phi) is 9.27. The van der Waals surface area contributed by atoms with Crippen LogP contribution in [0.15, 0.2) is 42.5 Å². The molecule has 0 saturated carbocycles. The number of imide groups is 1. The molecule has 44 heavy (non-hydrogen) atoms. The Morgan fingerprint density at radius 1 is 1.14 bits per heavy atom. The lowest BCUT2D eigenvalue weighted by molar-refractivity contribution is -0.196. The average molecular weight is 623 g/mol. The number of hydrogen-bond donors (Lipinski definition) is 4. The van der Waals surface area contributed by atoms with E-state index in [9.17, 15) is 41.5 Å². The van der Waals surface area contributed by atoms with E-state index in [0.717, 1.165) is 31.2 Å². The maximum absolute atomic E-state index is 14.3. The topological polar surface area (TPSA) is 154 Å². The first-order valence-electron chi connectivity index (χ1n) is 13.7. The number of alkyl halides is 3. The molecule has 1 saturated heterocycles. The van der Waals surface area contributed by atoms with E-state index in [1.165, 1.54) is 12.1 Å². The van der Waals surface area contributed by atoms with E-state index >= 15 is 0 Å². The maximum atomic E-state index is 14.3. The highest BCUT2D eigenvalue weighted by atomic mass is 19.4. The highest BCUT2D eigenvalue weighted by Gasteiger charge is 2.61. The molecule has 2 aromatic rings. The van der Waals surface area contributed by atoms with Crippen molar-refractivity contribution in [2.45, 2.75) is 68.9 Å². The minimum atomic E-state index is -4.96. The summed E-state index contributed by atoms with van der Waals surface area (Å²) < 4.78 is 61.6. The Labute approximate surface area is 248 Å². The number of halogens is 4. The van der Waals surface area contributed by atoms with Gasteiger partial charge in [0.05, 0.1) is 0 Å². The second kappa shape index (κ2) is 12.6. The molecule has 4 N–H and O–H groups in total. The zero-order valence-corrected chi connectivity index (χ0v) is 23.5. The van der Waals surface area contributed by atoms with Crippen molar-refractivity contribution >= 4 is 36.0 Å². The number of nitrogens with zero attached hydrogens (tertiary/aromatic N) is 1. The first-order valence-corrected chi connectivity index (χ1v) is 13.7. The number of unbranched alkanes of at least 4 members (excludes halogenated alkanes) is 1. The van der Waals surface area contributed by atoms with Crippen molar-refractivity contribution in [2.75, 3.05) is 11.9 Å². The number of carbonyl (C=O) groups is 5. The number of aldehydes is 1. The summed E-state index contributed by atoms with van der Waals surface area (Å²) in [6.45, 7) is 1.01. The Morgan fingerprint density at radius 2 is 1.84 bits per heavy atom. The summed E-state index contributed by atoms with van der Waals surface area (Å²) in [4.78, 5) is 61.8. The van der Waals surface area contributed by atoms with Gasteiger partial charge in [-0.05, 0) is 68.0 Å². The molecule has 1 spiro atoms. The van der Waals surface area contributed by atoms with Crippen LogP contribution in [0.3, 0.4) is 0 Å². The van der Waals surface area contributed by atoms with Crippen LogP contribution in [0.1, 0.15) is 49.3 Å². The summed E-state index contributed by atoms with van der Waals surface area (Å²) in [7, 11) is 0. The van der Waals surface area contributed by atoms with Gasteiger partial charge in [-0.3, -0.25) is 19.7 Å². The van der Waals surface area contributed by atoms with Crippen molar-refractivity contribution < 1.29 is 51.4 Å². The highest BCUT2D eigenvalue weighted by Crippen LogP contribution is 2.46. The quantitative estimate of drug-likeness (QED) is 0.157. The third-order valence-electron chi connectivity index (χ3n) is 7.64. The predicted octanol–water partition coefficient (Wildman–Crippen LogP) is 4.00. The van der Waals surface area contributed by atoms with Crippen molar-refractivity contribution in [3.63, 3.8) is 0 Å². The summed E-state index contributed by atoms with van der Waals surface area (Å²) >= 11 is 0. The molecule has 2 aromatic carbocycles. The first-order chi connectivity index (χ1) is 20.7. The van der Waals surface area contributed by atoms with Gasteiger partial charge in [0.1, 0.15) is 11.4 Å². The smallest absolute Gasteiger partial charge is 0.419 e. The fraction of sp³-hybridized carbons (Fsp3) is 0.414. The number of carbonyl (C=O) groups excluding carboxylic acids is 4. The Bertz CT molecular complexity index is 1450. The van der Waals surface area contributed by atoms with Crippen molar-refractivity contribution in [1.29, 1.82) is 0 Å². The molecule has 236 valence electrons. The lowest BCUT2D eigenvalue weighted by Crippen LogP contribution is -2.64. The van der Waals surface area contributed by atoms with Gasteiger partial charge in [-0.25, -0.2) is 18.9 Å². The van der Waals surface area contributed by atoms with E-state index in [2.05, 4.69) is 16.0 Å². The van der Waals surface area contributed by atoms with E-state index in [1.54, 1.807) is 6.07 Å². The summed E-state index contributed by atoms with van der Waals surface area (Å²) in [6.07, 6.45) is -8.01. The number of nitrogens with one attached hydrogen (secondary N) is 3. The van der Waals surface area contributed by atoms with Gasteiger partial charge in [0.15, 0.2) is 12.5 Å². The van der Waals surface area contributed by atoms with Crippen molar-refractivity contribution in [3.05, 3.63) is 65.0 Å². The van der Waals surface area contributed by atoms with Crippen LogP contribution in [0, 0.1) is 5.82 Å². The molecular formula is C29H30F4N4O7. The standard InChI is InChI=1S/C29H30F4N4O7/c1-27(29(31,32)33,15-17-5-7-19(30)8-6-17)36-22(16-38)37-24(41)28(44-26(37)43)12-11-18-14-20(9-10-21(18)28)35-25(42)34-13-3-2-4-23(39)40/h5-10,14,16,22,36H,2-4,11-13,15H2,1H3,(H,39,40)(H2,34,35,42)/t22?,27-,28+/m0/s1. The number of aliphatic carboxylic acids is 1. The van der Waals surface area contributed by atoms with E-state index in [1.807, 2.05) is 0 Å². The molecule has 1 fully saturated rings. The largest absolute Gasteiger partial charge is 0.481 e. The monoisotopic (exact) mass is 622 g/mol. The van der Waals surface area contributed by atoms with Gasteiger partial charge in [-0.15, -0.1) is 0 Å². The molecule has 1 heterocycles. The summed E-state index contributed by atoms with van der Waals surface area (Å²) in [5.41, 5.74) is -3.42. The number of carboxylic acids is 1. The number of amides is 4. The van der Waals surface area contributed by atoms with Crippen molar-refractivity contribution in [3.8, 4) is 0 Å².